The fourth-order valence-electron chi connectivity index (χ4n) is 4.19. The molecule has 1 aromatic carbocycles. The van der Waals surface area contributed by atoms with E-state index in [0.717, 1.165) is 47.0 Å². The maximum atomic E-state index is 6.47. The highest BCUT2D eigenvalue weighted by Gasteiger charge is 2.30. The summed E-state index contributed by atoms with van der Waals surface area (Å²) in [5.74, 6) is 1.77. The van der Waals surface area contributed by atoms with Gasteiger partial charge >= 0.3 is 0 Å². The highest BCUT2D eigenvalue weighted by atomic mass is 35.5. The summed E-state index contributed by atoms with van der Waals surface area (Å²) in [4.78, 5) is 12.1. The Morgan fingerprint density at radius 3 is 2.54 bits per heavy atom. The molecule has 4 rings (SSSR count). The highest BCUT2D eigenvalue weighted by Crippen LogP contribution is 2.36. The van der Waals surface area contributed by atoms with Gasteiger partial charge < -0.3 is 4.90 Å². The van der Waals surface area contributed by atoms with Crippen molar-refractivity contribution in [2.75, 3.05) is 11.4 Å². The molecule has 28 heavy (non-hydrogen) atoms. The van der Waals surface area contributed by atoms with E-state index in [0.29, 0.717) is 16.1 Å². The predicted molar refractivity (Wildman–Crippen MR) is 116 cm³/mol. The summed E-state index contributed by atoms with van der Waals surface area (Å²) >= 11 is 12.6. The molecule has 0 bridgehead atoms. The molecule has 0 aliphatic carbocycles. The zero-order valence-electron chi connectivity index (χ0n) is 16.5. The van der Waals surface area contributed by atoms with E-state index in [9.17, 15) is 0 Å². The Bertz CT molecular complexity index is 1010. The van der Waals surface area contributed by atoms with Gasteiger partial charge in [-0.25, -0.2) is 14.6 Å². The third kappa shape index (κ3) is 3.35. The average molecular weight is 418 g/mol. The molecule has 0 atom stereocenters. The lowest BCUT2D eigenvalue weighted by molar-refractivity contribution is 0.497. The first-order valence-corrected chi connectivity index (χ1v) is 10.8. The molecule has 0 spiro atoms. The number of aryl methyl sites for hydroxylation is 1. The summed E-state index contributed by atoms with van der Waals surface area (Å²) in [5.41, 5.74) is 2.65. The summed E-state index contributed by atoms with van der Waals surface area (Å²) in [5, 5.41) is 7.09. The molecule has 1 aliphatic heterocycles. The summed E-state index contributed by atoms with van der Waals surface area (Å²) in [7, 11) is 0. The highest BCUT2D eigenvalue weighted by molar-refractivity contribution is 6.35. The fourth-order valence-corrected chi connectivity index (χ4v) is 4.68. The molecular formula is C21H25Cl2N5. The number of benzene rings is 1. The molecule has 1 aliphatic rings. The second kappa shape index (κ2) is 7.88. The molecule has 3 aromatic rings. The largest absolute Gasteiger partial charge is 0.353 e. The maximum Gasteiger partial charge on any atom is 0.169 e. The lowest BCUT2D eigenvalue weighted by Crippen LogP contribution is -2.39. The van der Waals surface area contributed by atoms with Gasteiger partial charge in [0.2, 0.25) is 0 Å². The van der Waals surface area contributed by atoms with Crippen molar-refractivity contribution in [3.63, 3.8) is 0 Å². The Morgan fingerprint density at radius 1 is 1.11 bits per heavy atom. The van der Waals surface area contributed by atoms with Crippen LogP contribution >= 0.6 is 23.2 Å². The van der Waals surface area contributed by atoms with Crippen molar-refractivity contribution >= 4 is 40.1 Å². The van der Waals surface area contributed by atoms with Gasteiger partial charge in [-0.15, -0.1) is 0 Å². The van der Waals surface area contributed by atoms with Gasteiger partial charge in [-0.1, -0.05) is 49.9 Å². The molecule has 0 fully saturated rings. The molecule has 0 radical (unpaired) electrons. The lowest BCUT2D eigenvalue weighted by Gasteiger charge is -2.35. The molecule has 0 N–H and O–H groups in total. The van der Waals surface area contributed by atoms with Crippen molar-refractivity contribution in [3.05, 3.63) is 39.8 Å². The van der Waals surface area contributed by atoms with Crippen LogP contribution in [0, 0.1) is 6.92 Å². The minimum Gasteiger partial charge on any atom is -0.353 e. The molecule has 7 heteroatoms. The van der Waals surface area contributed by atoms with Gasteiger partial charge in [0, 0.05) is 24.0 Å². The van der Waals surface area contributed by atoms with Gasteiger partial charge in [-0.2, -0.15) is 5.10 Å². The van der Waals surface area contributed by atoms with Crippen LogP contribution in [0.25, 0.3) is 16.7 Å². The first-order chi connectivity index (χ1) is 13.5. The van der Waals surface area contributed by atoms with Crippen LogP contribution < -0.4 is 4.90 Å². The number of halogens is 2. The minimum atomic E-state index is 0.503. The topological polar surface area (TPSA) is 46.8 Å². The first kappa shape index (κ1) is 19.5. The molecule has 3 heterocycles. The van der Waals surface area contributed by atoms with Crippen LogP contribution in [0.15, 0.2) is 18.2 Å². The summed E-state index contributed by atoms with van der Waals surface area (Å²) in [6.45, 7) is 7.38. The quantitative estimate of drug-likeness (QED) is 0.511. The van der Waals surface area contributed by atoms with E-state index in [-0.39, 0.29) is 0 Å². The van der Waals surface area contributed by atoms with Gasteiger partial charge in [0.05, 0.1) is 21.8 Å². The molecule has 148 valence electrons. The number of anilines is 1. The van der Waals surface area contributed by atoms with E-state index in [4.69, 9.17) is 38.3 Å². The number of rotatable bonds is 6. The molecule has 0 unspecified atom stereocenters. The second-order valence-corrected chi connectivity index (χ2v) is 8.27. The fraction of sp³-hybridized carbons (Fsp3) is 0.476. The van der Waals surface area contributed by atoms with E-state index in [2.05, 4.69) is 18.7 Å². The Hall–Kier alpha value is -1.85. The smallest absolute Gasteiger partial charge is 0.169 e. The van der Waals surface area contributed by atoms with Crippen LogP contribution in [0.5, 0.6) is 0 Å². The van der Waals surface area contributed by atoms with E-state index in [1.165, 1.54) is 25.7 Å². The third-order valence-electron chi connectivity index (χ3n) is 5.38. The van der Waals surface area contributed by atoms with Crippen molar-refractivity contribution in [2.45, 2.75) is 58.9 Å². The standard InChI is InChI=1S/C21H25Cl2N5/c1-4-6-15(7-5-2)27-11-10-17-19-20(27)24-13(3)25-21(19)28(26-17)18-9-8-14(22)12-16(18)23/h8-9,12,15H,4-7,10-11H2,1-3H3. The lowest BCUT2D eigenvalue weighted by atomic mass is 10.0. The van der Waals surface area contributed by atoms with Gasteiger partial charge in [0.15, 0.2) is 5.65 Å². The van der Waals surface area contributed by atoms with Crippen LogP contribution in [-0.4, -0.2) is 32.3 Å². The molecule has 2 aromatic heterocycles. The van der Waals surface area contributed by atoms with Crippen LogP contribution in [0.2, 0.25) is 10.0 Å². The Morgan fingerprint density at radius 2 is 1.86 bits per heavy atom. The number of hydrogen-bond acceptors (Lipinski definition) is 4. The van der Waals surface area contributed by atoms with Crippen molar-refractivity contribution in [3.8, 4) is 5.69 Å². The number of nitrogens with zero attached hydrogens (tertiary/aromatic N) is 5. The molecular weight excluding hydrogens is 393 g/mol. The Labute approximate surface area is 175 Å². The van der Waals surface area contributed by atoms with Crippen LogP contribution in [0.1, 0.15) is 51.0 Å². The Balaban J connectivity index is 1.90. The maximum absolute atomic E-state index is 6.47. The van der Waals surface area contributed by atoms with Crippen LogP contribution in [0.4, 0.5) is 5.82 Å². The summed E-state index contributed by atoms with van der Waals surface area (Å²) in [6, 6.07) is 5.97. The van der Waals surface area contributed by atoms with Gasteiger partial charge in [0.1, 0.15) is 11.6 Å². The van der Waals surface area contributed by atoms with E-state index >= 15 is 0 Å². The molecule has 0 saturated heterocycles. The predicted octanol–water partition coefficient (Wildman–Crippen LogP) is 5.76. The summed E-state index contributed by atoms with van der Waals surface area (Å²) in [6.07, 6.45) is 5.57. The van der Waals surface area contributed by atoms with Crippen LogP contribution in [0.3, 0.4) is 0 Å². The van der Waals surface area contributed by atoms with Gasteiger partial charge in [0.25, 0.3) is 0 Å². The molecule has 0 saturated carbocycles. The first-order valence-electron chi connectivity index (χ1n) is 10.0. The molecule has 5 nitrogen and oxygen atoms in total. The third-order valence-corrected chi connectivity index (χ3v) is 5.91. The second-order valence-electron chi connectivity index (χ2n) is 7.42. The van der Waals surface area contributed by atoms with Crippen molar-refractivity contribution < 1.29 is 0 Å². The number of hydrogen-bond donors (Lipinski definition) is 0. The minimum absolute atomic E-state index is 0.503. The van der Waals surface area contributed by atoms with Crippen molar-refractivity contribution in [1.82, 2.24) is 19.7 Å². The SMILES string of the molecule is CCCC(CCC)N1CCc2nn(-c3ccc(Cl)cc3Cl)c3nc(C)nc1c23. The van der Waals surface area contributed by atoms with Gasteiger partial charge in [-0.3, -0.25) is 0 Å². The van der Waals surface area contributed by atoms with E-state index < -0.39 is 0 Å². The zero-order chi connectivity index (χ0) is 19.8. The van der Waals surface area contributed by atoms with Crippen molar-refractivity contribution in [1.29, 1.82) is 0 Å². The average Bonchev–Trinajstić information content (AvgIpc) is 3.01. The van der Waals surface area contributed by atoms with E-state index in [1.807, 2.05) is 23.7 Å². The number of aromatic nitrogens is 4. The molecule has 0 amide bonds. The summed E-state index contributed by atoms with van der Waals surface area (Å²) < 4.78 is 1.85. The van der Waals surface area contributed by atoms with Crippen molar-refractivity contribution in [2.24, 2.45) is 0 Å². The zero-order valence-corrected chi connectivity index (χ0v) is 18.1. The normalized spacial score (nSPS) is 13.7. The van der Waals surface area contributed by atoms with Crippen LogP contribution in [-0.2, 0) is 6.42 Å². The monoisotopic (exact) mass is 417 g/mol. The van der Waals surface area contributed by atoms with Gasteiger partial charge in [-0.05, 0) is 38.0 Å². The van der Waals surface area contributed by atoms with E-state index in [1.54, 1.807) is 6.07 Å². The Kier molecular flexibility index (Phi) is 5.48.